The quantitative estimate of drug-likeness (QED) is 0.599. The second-order valence-corrected chi connectivity index (χ2v) is 9.03. The third-order valence-electron chi connectivity index (χ3n) is 6.18. The molecule has 1 aliphatic carbocycles. The Morgan fingerprint density at radius 1 is 1.00 bits per heavy atom. The number of anilines is 1. The zero-order valence-electron chi connectivity index (χ0n) is 17.3. The molecule has 0 unspecified atom stereocenters. The summed E-state index contributed by atoms with van der Waals surface area (Å²) in [6, 6.07) is 7.34. The number of fused-ring (bicyclic) bond motifs is 3. The van der Waals surface area contributed by atoms with Crippen molar-refractivity contribution in [3.05, 3.63) is 46.6 Å². The molecular formula is C23H26N4O2S. The van der Waals surface area contributed by atoms with Gasteiger partial charge in [0.05, 0.1) is 12.5 Å². The zero-order chi connectivity index (χ0) is 20.5. The predicted molar refractivity (Wildman–Crippen MR) is 120 cm³/mol. The van der Waals surface area contributed by atoms with E-state index in [9.17, 15) is 4.79 Å². The van der Waals surface area contributed by atoms with Crippen LogP contribution in [0.4, 0.5) is 5.82 Å². The molecule has 0 atom stereocenters. The van der Waals surface area contributed by atoms with Crippen molar-refractivity contribution in [2.24, 2.45) is 0 Å². The van der Waals surface area contributed by atoms with Gasteiger partial charge in [0.15, 0.2) is 0 Å². The lowest BCUT2D eigenvalue weighted by Crippen LogP contribution is -2.49. The summed E-state index contributed by atoms with van der Waals surface area (Å²) in [4.78, 5) is 29.0. The molecule has 30 heavy (non-hydrogen) atoms. The van der Waals surface area contributed by atoms with Crippen LogP contribution in [0.15, 0.2) is 30.6 Å². The fourth-order valence-corrected chi connectivity index (χ4v) is 5.75. The molecule has 1 aliphatic heterocycles. The van der Waals surface area contributed by atoms with E-state index >= 15 is 0 Å². The van der Waals surface area contributed by atoms with E-state index in [1.165, 1.54) is 41.5 Å². The molecule has 0 bridgehead atoms. The predicted octanol–water partition coefficient (Wildman–Crippen LogP) is 3.93. The highest BCUT2D eigenvalue weighted by atomic mass is 32.1. The number of aryl methyl sites for hydroxylation is 2. The largest absolute Gasteiger partial charge is 0.497 e. The van der Waals surface area contributed by atoms with E-state index in [1.807, 2.05) is 40.5 Å². The molecule has 3 aromatic rings. The van der Waals surface area contributed by atoms with E-state index in [0.717, 1.165) is 35.9 Å². The number of thiophene rings is 1. The lowest BCUT2D eigenvalue weighted by Gasteiger charge is -2.35. The zero-order valence-corrected chi connectivity index (χ0v) is 18.1. The summed E-state index contributed by atoms with van der Waals surface area (Å²) in [6.45, 7) is 2.97. The number of benzene rings is 1. The van der Waals surface area contributed by atoms with Gasteiger partial charge in [0.1, 0.15) is 22.7 Å². The van der Waals surface area contributed by atoms with E-state index in [4.69, 9.17) is 9.72 Å². The summed E-state index contributed by atoms with van der Waals surface area (Å²) in [5, 5.41) is 1.26. The second kappa shape index (κ2) is 8.22. The number of carbonyl (C=O) groups excluding carboxylic acids is 1. The third kappa shape index (κ3) is 3.51. The number of carbonyl (C=O) groups is 1. The molecule has 1 fully saturated rings. The maximum Gasteiger partial charge on any atom is 0.253 e. The average Bonchev–Trinajstić information content (AvgIpc) is 3.00. The molecule has 1 saturated heterocycles. The van der Waals surface area contributed by atoms with Crippen molar-refractivity contribution in [2.45, 2.75) is 32.1 Å². The summed E-state index contributed by atoms with van der Waals surface area (Å²) < 4.78 is 5.19. The maximum absolute atomic E-state index is 12.9. The lowest BCUT2D eigenvalue weighted by atomic mass is 10.1. The van der Waals surface area contributed by atoms with Crippen molar-refractivity contribution in [2.75, 3.05) is 38.2 Å². The first kappa shape index (κ1) is 19.3. The van der Waals surface area contributed by atoms with Crippen LogP contribution in [0.1, 0.15) is 40.1 Å². The molecule has 1 amide bonds. The van der Waals surface area contributed by atoms with Crippen molar-refractivity contribution in [1.82, 2.24) is 14.9 Å². The lowest BCUT2D eigenvalue weighted by molar-refractivity contribution is 0.0746. The number of ether oxygens (including phenoxy) is 1. The van der Waals surface area contributed by atoms with Gasteiger partial charge in [0, 0.05) is 36.6 Å². The highest BCUT2D eigenvalue weighted by Gasteiger charge is 2.26. The molecule has 3 heterocycles. The molecule has 2 aromatic heterocycles. The normalized spacial score (nSPS) is 17.0. The molecule has 156 valence electrons. The second-order valence-electron chi connectivity index (χ2n) is 7.95. The van der Waals surface area contributed by atoms with E-state index in [1.54, 1.807) is 13.4 Å². The molecule has 0 radical (unpaired) electrons. The van der Waals surface area contributed by atoms with E-state index in [0.29, 0.717) is 18.7 Å². The van der Waals surface area contributed by atoms with Crippen LogP contribution in [0.25, 0.3) is 10.2 Å². The van der Waals surface area contributed by atoms with Gasteiger partial charge >= 0.3 is 0 Å². The Bertz CT molecular complexity index is 1060. The van der Waals surface area contributed by atoms with E-state index < -0.39 is 0 Å². The highest BCUT2D eigenvalue weighted by Crippen LogP contribution is 2.38. The number of piperazine rings is 1. The first-order chi connectivity index (χ1) is 14.7. The maximum atomic E-state index is 12.9. The summed E-state index contributed by atoms with van der Waals surface area (Å²) in [5.41, 5.74) is 2.18. The minimum Gasteiger partial charge on any atom is -0.497 e. The molecule has 6 nitrogen and oxygen atoms in total. The first-order valence-electron chi connectivity index (χ1n) is 10.7. The Morgan fingerprint density at radius 3 is 2.53 bits per heavy atom. The number of nitrogens with zero attached hydrogens (tertiary/aromatic N) is 4. The van der Waals surface area contributed by atoms with Gasteiger partial charge in [-0.25, -0.2) is 9.97 Å². The van der Waals surface area contributed by atoms with Gasteiger partial charge < -0.3 is 14.5 Å². The topological polar surface area (TPSA) is 58.6 Å². The van der Waals surface area contributed by atoms with Crippen molar-refractivity contribution >= 4 is 33.3 Å². The van der Waals surface area contributed by atoms with Gasteiger partial charge in [-0.1, -0.05) is 6.42 Å². The van der Waals surface area contributed by atoms with Crippen molar-refractivity contribution in [3.63, 3.8) is 0 Å². The molecule has 5 rings (SSSR count). The van der Waals surface area contributed by atoms with Crippen molar-refractivity contribution < 1.29 is 9.53 Å². The molecular weight excluding hydrogens is 396 g/mol. The number of amides is 1. The standard InChI is InChI=1S/C23H26N4O2S/c1-29-17-9-7-16(8-10-17)23(28)27-13-11-26(12-14-27)21-20-18-5-3-2-4-6-19(18)30-22(20)25-15-24-21/h7-10,15H,2-6,11-14H2,1H3. The Kier molecular flexibility index (Phi) is 5.29. The summed E-state index contributed by atoms with van der Waals surface area (Å²) in [5.74, 6) is 1.89. The van der Waals surface area contributed by atoms with Crippen LogP contribution in [0.5, 0.6) is 5.75 Å². The van der Waals surface area contributed by atoms with Crippen LogP contribution in [-0.2, 0) is 12.8 Å². The van der Waals surface area contributed by atoms with E-state index in [2.05, 4.69) is 9.88 Å². The van der Waals surface area contributed by atoms with Crippen LogP contribution in [0.3, 0.4) is 0 Å². The molecule has 0 N–H and O–H groups in total. The van der Waals surface area contributed by atoms with Gasteiger partial charge in [-0.05, 0) is 55.5 Å². The highest BCUT2D eigenvalue weighted by molar-refractivity contribution is 7.18. The number of hydrogen-bond acceptors (Lipinski definition) is 6. The SMILES string of the molecule is COc1ccc(C(=O)N2CCN(c3ncnc4sc5c(c34)CCCCC5)CC2)cc1. The molecule has 7 heteroatoms. The first-order valence-corrected chi connectivity index (χ1v) is 11.5. The summed E-state index contributed by atoms with van der Waals surface area (Å²) in [7, 11) is 1.63. The molecule has 0 saturated carbocycles. The molecule has 0 spiro atoms. The van der Waals surface area contributed by atoms with Crippen LogP contribution in [0.2, 0.25) is 0 Å². The Labute approximate surface area is 180 Å². The van der Waals surface area contributed by atoms with Crippen molar-refractivity contribution in [3.8, 4) is 5.75 Å². The fraction of sp³-hybridized carbons (Fsp3) is 0.435. The van der Waals surface area contributed by atoms with Crippen LogP contribution < -0.4 is 9.64 Å². The Balaban J connectivity index is 1.35. The van der Waals surface area contributed by atoms with Crippen molar-refractivity contribution in [1.29, 1.82) is 0 Å². The summed E-state index contributed by atoms with van der Waals surface area (Å²) >= 11 is 1.84. The number of methoxy groups -OCH3 is 1. The summed E-state index contributed by atoms with van der Waals surface area (Å²) in [6.07, 6.45) is 7.82. The number of hydrogen-bond donors (Lipinski definition) is 0. The van der Waals surface area contributed by atoms with Gasteiger partial charge in [-0.15, -0.1) is 11.3 Å². The van der Waals surface area contributed by atoms with Crippen LogP contribution in [0, 0.1) is 0 Å². The van der Waals surface area contributed by atoms with Gasteiger partial charge in [0.25, 0.3) is 5.91 Å². The van der Waals surface area contributed by atoms with Crippen LogP contribution >= 0.6 is 11.3 Å². The molecule has 2 aliphatic rings. The minimum absolute atomic E-state index is 0.0783. The van der Waals surface area contributed by atoms with Crippen LogP contribution in [-0.4, -0.2) is 54.1 Å². The minimum atomic E-state index is 0.0783. The number of rotatable bonds is 3. The monoisotopic (exact) mass is 422 g/mol. The van der Waals surface area contributed by atoms with Gasteiger partial charge in [-0.2, -0.15) is 0 Å². The average molecular weight is 423 g/mol. The molecule has 1 aromatic carbocycles. The Hall–Kier alpha value is -2.67. The van der Waals surface area contributed by atoms with Gasteiger partial charge in [0.2, 0.25) is 0 Å². The van der Waals surface area contributed by atoms with Gasteiger partial charge in [-0.3, -0.25) is 4.79 Å². The smallest absolute Gasteiger partial charge is 0.253 e. The third-order valence-corrected chi connectivity index (χ3v) is 7.38. The van der Waals surface area contributed by atoms with E-state index in [-0.39, 0.29) is 5.91 Å². The number of aromatic nitrogens is 2. The Morgan fingerprint density at radius 2 is 1.77 bits per heavy atom. The fourth-order valence-electron chi connectivity index (χ4n) is 4.53.